The number of hydrogen-bond donors (Lipinski definition) is 1. The second-order valence-corrected chi connectivity index (χ2v) is 8.89. The smallest absolute Gasteiger partial charge is 0.272 e. The molecule has 150 valence electrons. The van der Waals surface area contributed by atoms with Crippen LogP contribution in [0.1, 0.15) is 22.9 Å². The summed E-state index contributed by atoms with van der Waals surface area (Å²) in [7, 11) is -4.03. The normalized spacial score (nSPS) is 13.2. The zero-order valence-corrected chi connectivity index (χ0v) is 17.7. The topological polar surface area (TPSA) is 102 Å². The van der Waals surface area contributed by atoms with Crippen LogP contribution in [0.25, 0.3) is 6.08 Å². The maximum atomic E-state index is 12.9. The molecule has 7 nitrogen and oxygen atoms in total. The molecular weight excluding hydrogens is 460 g/mol. The first-order valence-corrected chi connectivity index (χ1v) is 10.8. The Labute approximate surface area is 176 Å². The van der Waals surface area contributed by atoms with E-state index in [0.29, 0.717) is 5.56 Å². The summed E-state index contributed by atoms with van der Waals surface area (Å²) >= 11 is 3.31. The molecule has 1 atom stereocenters. The molecular formula is C20H17BrN2O5S. The van der Waals surface area contributed by atoms with Crippen molar-refractivity contribution in [3.8, 4) is 0 Å². The largest absolute Gasteiger partial charge is 0.465 e. The summed E-state index contributed by atoms with van der Waals surface area (Å²) < 4.78 is 34.3. The molecule has 1 aromatic heterocycles. The number of nitro groups is 1. The second-order valence-electron chi connectivity index (χ2n) is 6.26. The summed E-state index contributed by atoms with van der Waals surface area (Å²) in [6.07, 6.45) is 2.60. The van der Waals surface area contributed by atoms with Crippen molar-refractivity contribution in [1.82, 2.24) is 4.72 Å². The number of nitrogens with zero attached hydrogens (tertiary/aromatic N) is 1. The Hall–Kier alpha value is -2.75. The van der Waals surface area contributed by atoms with Gasteiger partial charge in [0.15, 0.2) is 0 Å². The van der Waals surface area contributed by atoms with Crippen molar-refractivity contribution >= 4 is 32.0 Å². The van der Waals surface area contributed by atoms with Crippen LogP contribution in [0.5, 0.6) is 0 Å². The summed E-state index contributed by atoms with van der Waals surface area (Å²) in [5, 5.41) is 11.8. The molecule has 0 bridgehead atoms. The van der Waals surface area contributed by atoms with E-state index in [2.05, 4.69) is 20.7 Å². The fourth-order valence-electron chi connectivity index (χ4n) is 2.66. The van der Waals surface area contributed by atoms with Crippen LogP contribution in [0.15, 0.2) is 86.4 Å². The van der Waals surface area contributed by atoms with Gasteiger partial charge in [0.05, 0.1) is 22.2 Å². The predicted molar refractivity (Wildman–Crippen MR) is 112 cm³/mol. The van der Waals surface area contributed by atoms with E-state index in [1.807, 2.05) is 6.92 Å². The van der Waals surface area contributed by atoms with Gasteiger partial charge in [0.1, 0.15) is 11.8 Å². The summed E-state index contributed by atoms with van der Waals surface area (Å²) in [6, 6.07) is 14.8. The van der Waals surface area contributed by atoms with Crippen LogP contribution < -0.4 is 4.72 Å². The number of rotatable bonds is 7. The molecule has 1 N–H and O–H groups in total. The third kappa shape index (κ3) is 5.20. The van der Waals surface area contributed by atoms with Crippen LogP contribution in [-0.4, -0.2) is 13.3 Å². The first-order chi connectivity index (χ1) is 13.8. The second kappa shape index (κ2) is 8.73. The molecule has 0 aliphatic carbocycles. The average Bonchev–Trinajstić information content (AvgIpc) is 3.19. The van der Waals surface area contributed by atoms with Crippen molar-refractivity contribution < 1.29 is 17.8 Å². The van der Waals surface area contributed by atoms with Crippen molar-refractivity contribution in [2.45, 2.75) is 17.9 Å². The lowest BCUT2D eigenvalue weighted by Crippen LogP contribution is -2.32. The highest BCUT2D eigenvalue weighted by molar-refractivity contribution is 9.10. The van der Waals surface area contributed by atoms with Gasteiger partial charge >= 0.3 is 0 Å². The minimum Gasteiger partial charge on any atom is -0.465 e. The molecule has 0 radical (unpaired) electrons. The number of furan rings is 1. The molecule has 9 heteroatoms. The van der Waals surface area contributed by atoms with Crippen molar-refractivity contribution in [3.63, 3.8) is 0 Å². The van der Waals surface area contributed by atoms with Crippen molar-refractivity contribution in [2.24, 2.45) is 0 Å². The van der Waals surface area contributed by atoms with E-state index in [4.69, 9.17) is 4.42 Å². The lowest BCUT2D eigenvalue weighted by Gasteiger charge is -2.17. The zero-order valence-electron chi connectivity index (χ0n) is 15.3. The number of hydrogen-bond acceptors (Lipinski definition) is 5. The third-order valence-corrected chi connectivity index (χ3v) is 6.11. The van der Waals surface area contributed by atoms with Gasteiger partial charge in [-0.2, -0.15) is 4.72 Å². The van der Waals surface area contributed by atoms with E-state index in [0.717, 1.165) is 10.0 Å². The third-order valence-electron chi connectivity index (χ3n) is 4.15. The van der Waals surface area contributed by atoms with Crippen LogP contribution in [-0.2, 0) is 10.0 Å². The molecule has 0 aliphatic heterocycles. The van der Waals surface area contributed by atoms with Gasteiger partial charge in [0.25, 0.3) is 5.70 Å². The van der Waals surface area contributed by atoms with Crippen molar-refractivity contribution in [1.29, 1.82) is 0 Å². The fraction of sp³-hybridized carbons (Fsp3) is 0.100. The monoisotopic (exact) mass is 476 g/mol. The van der Waals surface area contributed by atoms with E-state index in [9.17, 15) is 18.5 Å². The maximum absolute atomic E-state index is 12.9. The van der Waals surface area contributed by atoms with Crippen LogP contribution in [0.2, 0.25) is 0 Å². The highest BCUT2D eigenvalue weighted by Crippen LogP contribution is 2.28. The lowest BCUT2D eigenvalue weighted by atomic mass is 10.0. The van der Waals surface area contributed by atoms with Gasteiger partial charge in [-0.25, -0.2) is 8.42 Å². The number of benzene rings is 2. The molecule has 3 rings (SSSR count). The Morgan fingerprint density at radius 3 is 2.34 bits per heavy atom. The average molecular weight is 477 g/mol. The minimum atomic E-state index is -4.03. The molecule has 1 heterocycles. The van der Waals surface area contributed by atoms with E-state index < -0.39 is 21.0 Å². The van der Waals surface area contributed by atoms with Gasteiger partial charge < -0.3 is 4.42 Å². The maximum Gasteiger partial charge on any atom is 0.272 e. The molecule has 0 spiro atoms. The SMILES string of the molecule is Cc1ccc(S(=O)(=O)NC(/C(=C\c2ccco2)[N+](=O)[O-])c2ccc(Br)cc2)cc1. The first kappa shape index (κ1) is 21.0. The van der Waals surface area contributed by atoms with Crippen molar-refractivity contribution in [3.05, 3.63) is 104 Å². The highest BCUT2D eigenvalue weighted by Gasteiger charge is 2.32. The summed E-state index contributed by atoms with van der Waals surface area (Å²) in [6.45, 7) is 1.84. The molecule has 0 aliphatic rings. The lowest BCUT2D eigenvalue weighted by molar-refractivity contribution is -0.429. The van der Waals surface area contributed by atoms with E-state index in [1.54, 1.807) is 48.5 Å². The van der Waals surface area contributed by atoms with Gasteiger partial charge in [-0.05, 0) is 48.9 Å². The van der Waals surface area contributed by atoms with Crippen molar-refractivity contribution in [2.75, 3.05) is 0 Å². The quantitative estimate of drug-likeness (QED) is 0.393. The molecule has 0 fully saturated rings. The highest BCUT2D eigenvalue weighted by atomic mass is 79.9. The fourth-order valence-corrected chi connectivity index (χ4v) is 4.12. The zero-order chi connectivity index (χ0) is 21.0. The molecule has 0 saturated carbocycles. The van der Waals surface area contributed by atoms with Crippen LogP contribution in [0, 0.1) is 17.0 Å². The summed E-state index contributed by atoms with van der Waals surface area (Å²) in [5.41, 5.74) is 0.952. The van der Waals surface area contributed by atoms with Gasteiger partial charge in [-0.3, -0.25) is 10.1 Å². The standard InChI is InChI=1S/C20H17BrN2O5S/c1-14-4-10-18(11-5-14)29(26,27)22-20(15-6-8-16(21)9-7-15)19(23(24)25)13-17-3-2-12-28-17/h2-13,20,22H,1H3/b19-13+. The molecule has 1 unspecified atom stereocenters. The van der Waals surface area contributed by atoms with Gasteiger partial charge in [-0.1, -0.05) is 45.8 Å². The number of nitrogens with one attached hydrogen (secondary N) is 1. The molecule has 0 amide bonds. The molecule has 29 heavy (non-hydrogen) atoms. The van der Waals surface area contributed by atoms with Crippen LogP contribution in [0.4, 0.5) is 0 Å². The van der Waals surface area contributed by atoms with E-state index in [-0.39, 0.29) is 16.4 Å². The molecule has 0 saturated heterocycles. The Bertz CT molecular complexity index is 1120. The Balaban J connectivity index is 2.08. The van der Waals surface area contributed by atoms with Gasteiger partial charge in [0, 0.05) is 4.47 Å². The molecule has 2 aromatic carbocycles. The summed E-state index contributed by atoms with van der Waals surface area (Å²) in [5.74, 6) is 0.244. The number of aryl methyl sites for hydroxylation is 1. The number of sulfonamides is 1. The Morgan fingerprint density at radius 1 is 1.14 bits per heavy atom. The number of halogens is 1. The van der Waals surface area contributed by atoms with Gasteiger partial charge in [-0.15, -0.1) is 0 Å². The minimum absolute atomic E-state index is 0.0194. The van der Waals surface area contributed by atoms with Crippen LogP contribution >= 0.6 is 15.9 Å². The predicted octanol–water partition coefficient (Wildman–Crippen LogP) is 4.69. The summed E-state index contributed by atoms with van der Waals surface area (Å²) in [4.78, 5) is 11.2. The molecule has 3 aromatic rings. The Morgan fingerprint density at radius 2 is 1.79 bits per heavy atom. The van der Waals surface area contributed by atoms with Crippen LogP contribution in [0.3, 0.4) is 0 Å². The van der Waals surface area contributed by atoms with E-state index >= 15 is 0 Å². The first-order valence-electron chi connectivity index (χ1n) is 8.50. The van der Waals surface area contributed by atoms with E-state index in [1.165, 1.54) is 24.5 Å². The van der Waals surface area contributed by atoms with Gasteiger partial charge in [0.2, 0.25) is 10.0 Å². The Kier molecular flexibility index (Phi) is 6.31.